The van der Waals surface area contributed by atoms with Crippen LogP contribution in [-0.2, 0) is 14.8 Å². The number of nitrogens with one attached hydrogen (secondary N) is 1. The maximum absolute atomic E-state index is 14.3. The van der Waals surface area contributed by atoms with Crippen LogP contribution >= 0.6 is 0 Å². The molecule has 0 spiro atoms. The number of fused-ring (bicyclic) bond motifs is 1. The second-order valence-corrected chi connectivity index (χ2v) is 13.8. The molecule has 47 heavy (non-hydrogen) atoms. The van der Waals surface area contributed by atoms with Gasteiger partial charge in [-0.05, 0) is 87.7 Å². The topological polar surface area (TPSA) is 125 Å². The SMILES string of the molecule is C[C@@H]1CCCCO[C@@H](CN(C)C(=O)c2ccccc2)[C@H](C)CN([C@@H](C)CO)C(=O)c2cc(NS(=O)(=O)c3ccc(F)cc3)ccc2O1. The number of halogens is 1. The second-order valence-electron chi connectivity index (χ2n) is 12.1. The van der Waals surface area contributed by atoms with Crippen molar-refractivity contribution >= 4 is 27.5 Å². The third-order valence-electron chi connectivity index (χ3n) is 8.25. The molecule has 254 valence electrons. The van der Waals surface area contributed by atoms with Crippen LogP contribution in [0.5, 0.6) is 5.75 Å². The van der Waals surface area contributed by atoms with E-state index in [4.69, 9.17) is 9.47 Å². The standard InChI is InChI=1S/C35H44FN3O7S/c1-24-21-39(25(2)23-40)35(42)31-20-29(37-47(43,44)30-16-13-28(36)14-17-30)15-18-32(31)46-26(3)10-8-9-19-45-33(24)22-38(4)34(41)27-11-6-5-7-12-27/h5-7,11-18,20,24-26,33,37,40H,8-10,19,21-23H2,1-4H3/t24-,25+,26-,33+/m1/s1. The third kappa shape index (κ3) is 9.52. The van der Waals surface area contributed by atoms with Crippen LogP contribution in [0, 0.1) is 11.7 Å². The average Bonchev–Trinajstić information content (AvgIpc) is 3.06. The summed E-state index contributed by atoms with van der Waals surface area (Å²) in [4.78, 5) is 30.5. The number of sulfonamides is 1. The lowest BCUT2D eigenvalue weighted by Gasteiger charge is -2.36. The van der Waals surface area contributed by atoms with Gasteiger partial charge in [-0.15, -0.1) is 0 Å². The maximum atomic E-state index is 14.3. The van der Waals surface area contributed by atoms with Gasteiger partial charge in [-0.1, -0.05) is 25.1 Å². The van der Waals surface area contributed by atoms with Crippen LogP contribution in [0.15, 0.2) is 77.7 Å². The Morgan fingerprint density at radius 2 is 1.79 bits per heavy atom. The predicted octanol–water partition coefficient (Wildman–Crippen LogP) is 5.19. The Labute approximate surface area is 276 Å². The first-order chi connectivity index (χ1) is 22.4. The van der Waals surface area contributed by atoms with Gasteiger partial charge in [0, 0.05) is 43.9 Å². The fraction of sp³-hybridized carbons (Fsp3) is 0.429. The van der Waals surface area contributed by atoms with Crippen molar-refractivity contribution in [2.24, 2.45) is 5.92 Å². The molecule has 0 saturated heterocycles. The van der Waals surface area contributed by atoms with Gasteiger partial charge >= 0.3 is 0 Å². The van der Waals surface area contributed by atoms with Gasteiger partial charge in [0.05, 0.1) is 35.3 Å². The van der Waals surface area contributed by atoms with Crippen molar-refractivity contribution in [2.45, 2.75) is 63.2 Å². The lowest BCUT2D eigenvalue weighted by molar-refractivity contribution is -0.0149. The number of carbonyl (C=O) groups is 2. The fourth-order valence-electron chi connectivity index (χ4n) is 5.43. The van der Waals surface area contributed by atoms with Crippen LogP contribution in [0.4, 0.5) is 10.1 Å². The molecule has 0 radical (unpaired) electrons. The highest BCUT2D eigenvalue weighted by Crippen LogP contribution is 2.29. The number of hydrogen-bond donors (Lipinski definition) is 2. The zero-order valence-electron chi connectivity index (χ0n) is 27.3. The Balaban J connectivity index is 1.66. The Morgan fingerprint density at radius 3 is 2.47 bits per heavy atom. The number of benzene rings is 3. The average molecular weight is 670 g/mol. The van der Waals surface area contributed by atoms with Gasteiger partial charge in [-0.3, -0.25) is 14.3 Å². The van der Waals surface area contributed by atoms with Crippen LogP contribution < -0.4 is 9.46 Å². The molecule has 0 fully saturated rings. The van der Waals surface area contributed by atoms with E-state index in [0.717, 1.165) is 37.1 Å². The Kier molecular flexibility index (Phi) is 12.4. The molecule has 0 aromatic heterocycles. The normalized spacial score (nSPS) is 20.3. The minimum Gasteiger partial charge on any atom is -0.490 e. The molecular formula is C35H44FN3O7S. The Bertz CT molecular complexity index is 1610. The lowest BCUT2D eigenvalue weighted by atomic mass is 10.0. The first-order valence-corrected chi connectivity index (χ1v) is 17.3. The second kappa shape index (κ2) is 16.2. The third-order valence-corrected chi connectivity index (χ3v) is 9.65. The van der Waals surface area contributed by atoms with Crippen molar-refractivity contribution in [3.63, 3.8) is 0 Å². The quantitative estimate of drug-likeness (QED) is 0.338. The van der Waals surface area contributed by atoms with Gasteiger partial charge in [-0.25, -0.2) is 12.8 Å². The molecule has 1 aliphatic heterocycles. The molecule has 1 heterocycles. The van der Waals surface area contributed by atoms with Crippen LogP contribution in [0.1, 0.15) is 60.7 Å². The van der Waals surface area contributed by atoms with Gasteiger partial charge in [0.2, 0.25) is 0 Å². The van der Waals surface area contributed by atoms with Crippen molar-refractivity contribution in [1.82, 2.24) is 9.80 Å². The summed E-state index contributed by atoms with van der Waals surface area (Å²) in [6.07, 6.45) is 1.56. The van der Waals surface area contributed by atoms with E-state index in [2.05, 4.69) is 4.72 Å². The summed E-state index contributed by atoms with van der Waals surface area (Å²) in [5.74, 6) is -1.15. The molecule has 3 aromatic carbocycles. The van der Waals surface area contributed by atoms with E-state index in [-0.39, 0.29) is 59.5 Å². The number of aliphatic hydroxyl groups excluding tert-OH is 1. The van der Waals surface area contributed by atoms with E-state index in [1.165, 1.54) is 17.0 Å². The molecule has 4 rings (SSSR count). The van der Waals surface area contributed by atoms with Crippen LogP contribution in [-0.4, -0.2) is 86.7 Å². The molecule has 10 nitrogen and oxygen atoms in total. The molecule has 2 amide bonds. The first kappa shape index (κ1) is 35.8. The van der Waals surface area contributed by atoms with Gasteiger partial charge in [0.15, 0.2) is 0 Å². The summed E-state index contributed by atoms with van der Waals surface area (Å²) in [5.41, 5.74) is 0.797. The molecule has 1 aliphatic rings. The molecule has 12 heteroatoms. The molecular weight excluding hydrogens is 625 g/mol. The van der Waals surface area contributed by atoms with Gasteiger partial charge in [-0.2, -0.15) is 0 Å². The fourth-order valence-corrected chi connectivity index (χ4v) is 6.48. The minimum absolute atomic E-state index is 0.116. The summed E-state index contributed by atoms with van der Waals surface area (Å²) in [7, 11) is -2.37. The number of hydrogen-bond acceptors (Lipinski definition) is 7. The minimum atomic E-state index is -4.09. The summed E-state index contributed by atoms with van der Waals surface area (Å²) in [6, 6.07) is 17.3. The van der Waals surface area contributed by atoms with Crippen molar-refractivity contribution < 1.29 is 37.0 Å². The predicted molar refractivity (Wildman–Crippen MR) is 177 cm³/mol. The molecule has 4 atom stereocenters. The molecule has 0 aliphatic carbocycles. The van der Waals surface area contributed by atoms with Crippen molar-refractivity contribution in [3.8, 4) is 5.75 Å². The molecule has 2 N–H and O–H groups in total. The first-order valence-electron chi connectivity index (χ1n) is 15.8. The molecule has 3 aromatic rings. The maximum Gasteiger partial charge on any atom is 0.261 e. The summed E-state index contributed by atoms with van der Waals surface area (Å²) in [5, 5.41) is 10.2. The number of anilines is 1. The summed E-state index contributed by atoms with van der Waals surface area (Å²) >= 11 is 0. The number of likely N-dealkylation sites (N-methyl/N-ethyl adjacent to an activating group) is 1. The van der Waals surface area contributed by atoms with Gasteiger partial charge in [0.25, 0.3) is 21.8 Å². The van der Waals surface area contributed by atoms with E-state index >= 15 is 0 Å². The number of nitrogens with zero attached hydrogens (tertiary/aromatic N) is 2. The number of aliphatic hydroxyl groups is 1. The van der Waals surface area contributed by atoms with Crippen molar-refractivity contribution in [2.75, 3.05) is 38.1 Å². The summed E-state index contributed by atoms with van der Waals surface area (Å²) in [6.45, 7) is 6.17. The largest absolute Gasteiger partial charge is 0.490 e. The van der Waals surface area contributed by atoms with Crippen molar-refractivity contribution in [3.05, 3.63) is 89.7 Å². The van der Waals surface area contributed by atoms with Crippen LogP contribution in [0.2, 0.25) is 0 Å². The van der Waals surface area contributed by atoms with Crippen LogP contribution in [0.3, 0.4) is 0 Å². The zero-order chi connectivity index (χ0) is 34.1. The number of rotatable bonds is 8. The smallest absolute Gasteiger partial charge is 0.261 e. The van der Waals surface area contributed by atoms with E-state index in [9.17, 15) is 27.5 Å². The van der Waals surface area contributed by atoms with E-state index < -0.39 is 33.9 Å². The molecule has 0 bridgehead atoms. The Morgan fingerprint density at radius 1 is 1.09 bits per heavy atom. The number of ether oxygens (including phenoxy) is 2. The van der Waals surface area contributed by atoms with Gasteiger partial charge in [0.1, 0.15) is 11.6 Å². The molecule has 0 unspecified atom stereocenters. The highest BCUT2D eigenvalue weighted by molar-refractivity contribution is 7.92. The highest BCUT2D eigenvalue weighted by Gasteiger charge is 2.31. The molecule has 0 saturated carbocycles. The zero-order valence-corrected chi connectivity index (χ0v) is 28.1. The highest BCUT2D eigenvalue weighted by atomic mass is 32.2. The van der Waals surface area contributed by atoms with E-state index in [1.54, 1.807) is 37.1 Å². The van der Waals surface area contributed by atoms with Gasteiger partial charge < -0.3 is 24.4 Å². The number of carbonyl (C=O) groups excluding carboxylic acids is 2. The van der Waals surface area contributed by atoms with E-state index in [0.29, 0.717) is 18.6 Å². The van der Waals surface area contributed by atoms with E-state index in [1.807, 2.05) is 32.0 Å². The van der Waals surface area contributed by atoms with Crippen molar-refractivity contribution in [1.29, 1.82) is 0 Å². The van der Waals surface area contributed by atoms with Crippen LogP contribution in [0.25, 0.3) is 0 Å². The Hall–Kier alpha value is -4.00. The lowest BCUT2D eigenvalue weighted by Crippen LogP contribution is -2.48. The summed E-state index contributed by atoms with van der Waals surface area (Å²) < 4.78 is 54.6. The number of amides is 2. The monoisotopic (exact) mass is 669 g/mol.